The number of halogens is 1. The van der Waals surface area contributed by atoms with Crippen molar-refractivity contribution in [1.82, 2.24) is 9.80 Å². The molecule has 0 aromatic heterocycles. The summed E-state index contributed by atoms with van der Waals surface area (Å²) < 4.78 is 11.7. The van der Waals surface area contributed by atoms with E-state index in [1.54, 1.807) is 24.3 Å². The number of aromatic hydroxyl groups is 1. The van der Waals surface area contributed by atoms with Crippen molar-refractivity contribution in [3.05, 3.63) is 57.6 Å². The summed E-state index contributed by atoms with van der Waals surface area (Å²) >= 11 is 3.33. The van der Waals surface area contributed by atoms with Crippen molar-refractivity contribution in [1.29, 1.82) is 0 Å². The maximum absolute atomic E-state index is 13.2. The summed E-state index contributed by atoms with van der Waals surface area (Å²) in [5.74, 6) is -1.17. The minimum Gasteiger partial charge on any atom is -0.507 e. The third-order valence-electron chi connectivity index (χ3n) is 6.11. The van der Waals surface area contributed by atoms with Crippen LogP contribution in [0.4, 0.5) is 0 Å². The van der Waals surface area contributed by atoms with E-state index in [0.717, 1.165) is 13.1 Å². The molecule has 1 amide bonds. The molecule has 1 aliphatic rings. The number of rotatable bonds is 10. The molecule has 1 atom stereocenters. The number of ether oxygens (including phenoxy) is 2. The highest BCUT2D eigenvalue weighted by Crippen LogP contribution is 2.43. The quantitative estimate of drug-likeness (QED) is 0.260. The summed E-state index contributed by atoms with van der Waals surface area (Å²) in [7, 11) is 1.51. The zero-order valence-corrected chi connectivity index (χ0v) is 22.0. The SMILES string of the molecule is CCOc1ccc(C2C(=C(O)c3cc(Br)ccc3O)C(=O)C(=O)N2CCN(CC)CC)cc1OC. The summed E-state index contributed by atoms with van der Waals surface area (Å²) in [6.45, 7) is 8.81. The van der Waals surface area contributed by atoms with Gasteiger partial charge in [0, 0.05) is 17.6 Å². The van der Waals surface area contributed by atoms with E-state index < -0.39 is 23.5 Å². The minimum atomic E-state index is -0.867. The maximum Gasteiger partial charge on any atom is 0.295 e. The number of phenols is 1. The monoisotopic (exact) mass is 546 g/mol. The summed E-state index contributed by atoms with van der Waals surface area (Å²) in [4.78, 5) is 30.0. The van der Waals surface area contributed by atoms with Crippen LogP contribution in [0.2, 0.25) is 0 Å². The fourth-order valence-electron chi connectivity index (χ4n) is 4.22. The first-order valence-corrected chi connectivity index (χ1v) is 12.4. The van der Waals surface area contributed by atoms with Gasteiger partial charge in [0.15, 0.2) is 11.5 Å². The first kappa shape index (κ1) is 26.6. The molecular weight excluding hydrogens is 516 g/mol. The van der Waals surface area contributed by atoms with Crippen LogP contribution in [0.5, 0.6) is 17.2 Å². The molecule has 8 nitrogen and oxygen atoms in total. The highest BCUT2D eigenvalue weighted by Gasteiger charge is 2.46. The van der Waals surface area contributed by atoms with Crippen LogP contribution >= 0.6 is 15.9 Å². The van der Waals surface area contributed by atoms with Crippen molar-refractivity contribution in [2.75, 3.05) is 39.9 Å². The van der Waals surface area contributed by atoms with Gasteiger partial charge in [0.25, 0.3) is 11.7 Å². The van der Waals surface area contributed by atoms with E-state index in [0.29, 0.717) is 34.7 Å². The number of nitrogens with zero attached hydrogens (tertiary/aromatic N) is 2. The number of Topliss-reactive ketones (excluding diaryl/α,β-unsaturated/α-hetero) is 1. The predicted molar refractivity (Wildman–Crippen MR) is 137 cm³/mol. The maximum atomic E-state index is 13.2. The summed E-state index contributed by atoms with van der Waals surface area (Å²) in [6.07, 6.45) is 0. The summed E-state index contributed by atoms with van der Waals surface area (Å²) in [5.41, 5.74) is 0.554. The van der Waals surface area contributed by atoms with Crippen LogP contribution in [0.25, 0.3) is 5.76 Å². The Labute approximate surface area is 213 Å². The third kappa shape index (κ3) is 5.46. The van der Waals surface area contributed by atoms with Crippen molar-refractivity contribution < 1.29 is 29.3 Å². The normalized spacial score (nSPS) is 17.3. The fraction of sp³-hybridized carbons (Fsp3) is 0.385. The molecule has 2 aromatic carbocycles. The summed E-state index contributed by atoms with van der Waals surface area (Å²) in [6, 6.07) is 8.84. The van der Waals surface area contributed by atoms with Crippen molar-refractivity contribution >= 4 is 33.4 Å². The number of likely N-dealkylation sites (N-methyl/N-ethyl adjacent to an activating group) is 1. The topological polar surface area (TPSA) is 99.5 Å². The van der Waals surface area contributed by atoms with Crippen molar-refractivity contribution in [2.45, 2.75) is 26.8 Å². The second kappa shape index (κ2) is 11.6. The van der Waals surface area contributed by atoms with Crippen LogP contribution < -0.4 is 9.47 Å². The Morgan fingerprint density at radius 1 is 1.09 bits per heavy atom. The third-order valence-corrected chi connectivity index (χ3v) is 6.60. The Bertz CT molecular complexity index is 1130. The van der Waals surface area contributed by atoms with E-state index in [-0.39, 0.29) is 23.4 Å². The van der Waals surface area contributed by atoms with Gasteiger partial charge in [-0.05, 0) is 55.9 Å². The van der Waals surface area contributed by atoms with Gasteiger partial charge in [-0.25, -0.2) is 0 Å². The number of ketones is 1. The van der Waals surface area contributed by atoms with Gasteiger partial charge < -0.3 is 29.5 Å². The number of phenolic OH excluding ortho intramolecular Hbond substituents is 1. The number of amides is 1. The molecular formula is C26H31BrN2O6. The molecule has 1 unspecified atom stereocenters. The number of hydrogen-bond donors (Lipinski definition) is 2. The molecule has 0 radical (unpaired) electrons. The average molecular weight is 547 g/mol. The first-order chi connectivity index (χ1) is 16.8. The lowest BCUT2D eigenvalue weighted by Gasteiger charge is -2.28. The molecule has 1 aliphatic heterocycles. The van der Waals surface area contributed by atoms with Crippen LogP contribution in [0, 0.1) is 0 Å². The lowest BCUT2D eigenvalue weighted by molar-refractivity contribution is -0.140. The van der Waals surface area contributed by atoms with Crippen molar-refractivity contribution in [3.63, 3.8) is 0 Å². The number of methoxy groups -OCH3 is 1. The largest absolute Gasteiger partial charge is 0.507 e. The van der Waals surface area contributed by atoms with Crippen molar-refractivity contribution in [2.24, 2.45) is 0 Å². The smallest absolute Gasteiger partial charge is 0.295 e. The highest BCUT2D eigenvalue weighted by molar-refractivity contribution is 9.10. The zero-order chi connectivity index (χ0) is 25.7. The number of aliphatic hydroxyl groups excluding tert-OH is 1. The number of carbonyl (C=O) groups excluding carboxylic acids is 2. The second-order valence-corrected chi connectivity index (χ2v) is 8.94. The summed E-state index contributed by atoms with van der Waals surface area (Å²) in [5, 5.41) is 21.6. The number of likely N-dealkylation sites (tertiary alicyclic amines) is 1. The van der Waals surface area contributed by atoms with Gasteiger partial charge in [0.1, 0.15) is 11.5 Å². The van der Waals surface area contributed by atoms with E-state index in [1.807, 2.05) is 20.8 Å². The van der Waals surface area contributed by atoms with Crippen LogP contribution in [-0.4, -0.2) is 71.6 Å². The number of hydrogen-bond acceptors (Lipinski definition) is 7. The molecule has 1 heterocycles. The number of benzene rings is 2. The minimum absolute atomic E-state index is 0.0593. The van der Waals surface area contributed by atoms with Gasteiger partial charge in [-0.1, -0.05) is 35.8 Å². The zero-order valence-electron chi connectivity index (χ0n) is 20.4. The standard InChI is InChI=1S/C26H31BrN2O6/c1-5-28(6-2)12-13-29-23(16-8-11-20(35-7-3)21(14-16)34-4)22(25(32)26(29)33)24(31)18-15-17(27)9-10-19(18)30/h8-11,14-15,23,30-31H,5-7,12-13H2,1-4H3. The lowest BCUT2D eigenvalue weighted by atomic mass is 9.94. The molecule has 3 rings (SSSR count). The number of carbonyl (C=O) groups is 2. The van der Waals surface area contributed by atoms with E-state index in [2.05, 4.69) is 20.8 Å². The molecule has 2 N–H and O–H groups in total. The Morgan fingerprint density at radius 2 is 1.80 bits per heavy atom. The van der Waals surface area contributed by atoms with E-state index >= 15 is 0 Å². The Kier molecular flexibility index (Phi) is 8.80. The molecule has 1 saturated heterocycles. The molecule has 0 bridgehead atoms. The molecule has 35 heavy (non-hydrogen) atoms. The van der Waals surface area contributed by atoms with E-state index in [1.165, 1.54) is 24.1 Å². The first-order valence-electron chi connectivity index (χ1n) is 11.6. The number of aliphatic hydroxyl groups is 1. The van der Waals surface area contributed by atoms with Gasteiger partial charge in [-0.15, -0.1) is 0 Å². The Balaban J connectivity index is 2.19. The molecule has 188 valence electrons. The van der Waals surface area contributed by atoms with Gasteiger partial charge in [-0.2, -0.15) is 0 Å². The lowest BCUT2D eigenvalue weighted by Crippen LogP contribution is -2.38. The van der Waals surface area contributed by atoms with Gasteiger partial charge in [0.05, 0.1) is 30.9 Å². The van der Waals surface area contributed by atoms with Gasteiger partial charge in [-0.3, -0.25) is 9.59 Å². The van der Waals surface area contributed by atoms with E-state index in [9.17, 15) is 19.8 Å². The molecule has 0 saturated carbocycles. The van der Waals surface area contributed by atoms with Crippen LogP contribution in [-0.2, 0) is 9.59 Å². The van der Waals surface area contributed by atoms with Crippen LogP contribution in [0.3, 0.4) is 0 Å². The molecule has 1 fully saturated rings. The van der Waals surface area contributed by atoms with Crippen LogP contribution in [0.1, 0.15) is 37.9 Å². The van der Waals surface area contributed by atoms with Gasteiger partial charge >= 0.3 is 0 Å². The Hall–Kier alpha value is -3.04. The molecule has 2 aromatic rings. The second-order valence-electron chi connectivity index (χ2n) is 8.02. The Morgan fingerprint density at radius 3 is 2.43 bits per heavy atom. The molecule has 0 aliphatic carbocycles. The van der Waals surface area contributed by atoms with Crippen LogP contribution in [0.15, 0.2) is 46.4 Å². The fourth-order valence-corrected chi connectivity index (χ4v) is 4.58. The highest BCUT2D eigenvalue weighted by atomic mass is 79.9. The average Bonchev–Trinajstić information content (AvgIpc) is 3.11. The molecule has 0 spiro atoms. The van der Waals surface area contributed by atoms with Crippen molar-refractivity contribution in [3.8, 4) is 17.2 Å². The predicted octanol–water partition coefficient (Wildman–Crippen LogP) is 4.33. The van der Waals surface area contributed by atoms with Gasteiger partial charge in [0.2, 0.25) is 0 Å². The molecule has 9 heteroatoms. The van der Waals surface area contributed by atoms with E-state index in [4.69, 9.17) is 9.47 Å².